The van der Waals surface area contributed by atoms with Gasteiger partial charge in [0.25, 0.3) is 0 Å². The molecule has 0 saturated heterocycles. The summed E-state index contributed by atoms with van der Waals surface area (Å²) in [7, 11) is 3.68. The largest absolute Gasteiger partial charge is 0.344 e. The summed E-state index contributed by atoms with van der Waals surface area (Å²) >= 11 is 0. The van der Waals surface area contributed by atoms with Crippen LogP contribution < -0.4 is 5.32 Å². The summed E-state index contributed by atoms with van der Waals surface area (Å²) in [5.41, 5.74) is 0.942. The fraction of sp³-hybridized carbons (Fsp3) is 0.533. The van der Waals surface area contributed by atoms with Crippen LogP contribution in [0.25, 0.3) is 0 Å². The number of aryl methyl sites for hydroxylation is 1. The fourth-order valence-electron chi connectivity index (χ4n) is 1.97. The Hall–Kier alpha value is -1.13. The topological polar surface area (TPSA) is 32.3 Å². The molecule has 5 heteroatoms. The van der Waals surface area contributed by atoms with Crippen molar-refractivity contribution in [3.05, 3.63) is 35.6 Å². The van der Waals surface area contributed by atoms with Crippen LogP contribution in [0.3, 0.4) is 0 Å². The van der Waals surface area contributed by atoms with Gasteiger partial charge in [-0.2, -0.15) is 0 Å². The number of nitrogens with one attached hydrogen (secondary N) is 1. The second-order valence-corrected chi connectivity index (χ2v) is 4.93. The molecule has 3 nitrogen and oxygen atoms in total. The maximum Gasteiger partial charge on any atom is 0.225 e. The molecule has 20 heavy (non-hydrogen) atoms. The first-order valence-corrected chi connectivity index (χ1v) is 6.68. The lowest BCUT2D eigenvalue weighted by atomic mass is 10.00. The minimum Gasteiger partial charge on any atom is -0.344 e. The predicted molar refractivity (Wildman–Crippen MR) is 82.7 cm³/mol. The summed E-state index contributed by atoms with van der Waals surface area (Å²) in [5, 5.41) is 3.02. The third kappa shape index (κ3) is 6.35. The smallest absolute Gasteiger partial charge is 0.225 e. The van der Waals surface area contributed by atoms with Crippen molar-refractivity contribution in [2.45, 2.75) is 19.8 Å². The molecule has 1 rings (SSSR count). The average Bonchev–Trinajstić information content (AvgIpc) is 2.41. The van der Waals surface area contributed by atoms with E-state index in [1.807, 2.05) is 27.1 Å². The van der Waals surface area contributed by atoms with E-state index >= 15 is 0 Å². The van der Waals surface area contributed by atoms with Crippen LogP contribution in [0.4, 0.5) is 4.39 Å². The van der Waals surface area contributed by atoms with Gasteiger partial charge in [0.15, 0.2) is 0 Å². The van der Waals surface area contributed by atoms with Gasteiger partial charge in [-0.25, -0.2) is 4.39 Å². The molecule has 1 aromatic rings. The standard InChI is InChI=1S/C15H23FN2O.ClH/c1-12(15(19)18(3)10-9-17-2)7-8-13-5-4-6-14(16)11-13;/h4-6,11-12,17H,7-10H2,1-3H3;1H. The molecule has 0 heterocycles. The molecular weight excluding hydrogens is 279 g/mol. The molecule has 1 unspecified atom stereocenters. The lowest BCUT2D eigenvalue weighted by Gasteiger charge is -2.21. The highest BCUT2D eigenvalue weighted by Gasteiger charge is 2.16. The summed E-state index contributed by atoms with van der Waals surface area (Å²) in [6, 6.07) is 6.56. The molecular formula is C15H24ClFN2O. The van der Waals surface area contributed by atoms with E-state index in [9.17, 15) is 9.18 Å². The van der Waals surface area contributed by atoms with Gasteiger partial charge in [0.1, 0.15) is 5.82 Å². The van der Waals surface area contributed by atoms with E-state index in [-0.39, 0.29) is 30.0 Å². The number of halogens is 2. The summed E-state index contributed by atoms with van der Waals surface area (Å²) in [4.78, 5) is 13.8. The van der Waals surface area contributed by atoms with Gasteiger partial charge in [0, 0.05) is 26.1 Å². The van der Waals surface area contributed by atoms with Gasteiger partial charge in [-0.15, -0.1) is 12.4 Å². The van der Waals surface area contributed by atoms with E-state index in [0.717, 1.165) is 24.9 Å². The number of nitrogens with zero attached hydrogens (tertiary/aromatic N) is 1. The Balaban J connectivity index is 0.00000361. The molecule has 0 bridgehead atoms. The van der Waals surface area contributed by atoms with Crippen LogP contribution in [0, 0.1) is 11.7 Å². The molecule has 0 aliphatic heterocycles. The monoisotopic (exact) mass is 302 g/mol. The number of rotatable bonds is 7. The predicted octanol–water partition coefficient (Wildman–Crippen LogP) is 2.49. The van der Waals surface area contributed by atoms with Crippen LogP contribution in [-0.4, -0.2) is 38.0 Å². The second-order valence-electron chi connectivity index (χ2n) is 4.93. The maximum absolute atomic E-state index is 13.0. The van der Waals surface area contributed by atoms with Crippen molar-refractivity contribution < 1.29 is 9.18 Å². The first-order valence-electron chi connectivity index (χ1n) is 6.68. The lowest BCUT2D eigenvalue weighted by molar-refractivity contribution is -0.133. The van der Waals surface area contributed by atoms with Gasteiger partial charge in [-0.05, 0) is 37.6 Å². The first kappa shape index (κ1) is 18.9. The molecule has 1 atom stereocenters. The van der Waals surface area contributed by atoms with E-state index < -0.39 is 0 Å². The van der Waals surface area contributed by atoms with E-state index in [2.05, 4.69) is 5.32 Å². The number of carbonyl (C=O) groups is 1. The minimum absolute atomic E-state index is 0. The van der Waals surface area contributed by atoms with E-state index in [1.165, 1.54) is 12.1 Å². The minimum atomic E-state index is -0.220. The van der Waals surface area contributed by atoms with Crippen molar-refractivity contribution in [3.63, 3.8) is 0 Å². The van der Waals surface area contributed by atoms with Crippen LogP contribution in [0.1, 0.15) is 18.9 Å². The van der Waals surface area contributed by atoms with Gasteiger partial charge >= 0.3 is 0 Å². The van der Waals surface area contributed by atoms with E-state index in [1.54, 1.807) is 11.0 Å². The van der Waals surface area contributed by atoms with Crippen LogP contribution in [0.15, 0.2) is 24.3 Å². The van der Waals surface area contributed by atoms with Gasteiger partial charge < -0.3 is 10.2 Å². The fourth-order valence-corrected chi connectivity index (χ4v) is 1.97. The highest BCUT2D eigenvalue weighted by molar-refractivity contribution is 5.85. The number of hydrogen-bond donors (Lipinski definition) is 1. The zero-order valence-corrected chi connectivity index (χ0v) is 13.2. The lowest BCUT2D eigenvalue weighted by Crippen LogP contribution is -2.36. The average molecular weight is 303 g/mol. The normalized spacial score (nSPS) is 11.6. The van der Waals surface area contributed by atoms with Crippen molar-refractivity contribution in [2.75, 3.05) is 27.2 Å². The van der Waals surface area contributed by atoms with Crippen molar-refractivity contribution in [2.24, 2.45) is 5.92 Å². The molecule has 1 N–H and O–H groups in total. The van der Waals surface area contributed by atoms with Crippen LogP contribution in [0.2, 0.25) is 0 Å². The van der Waals surface area contributed by atoms with Gasteiger partial charge in [0.05, 0.1) is 0 Å². The summed E-state index contributed by atoms with van der Waals surface area (Å²) in [6.07, 6.45) is 1.47. The van der Waals surface area contributed by atoms with Gasteiger partial charge in [0.2, 0.25) is 5.91 Å². The molecule has 1 amide bonds. The van der Waals surface area contributed by atoms with Crippen molar-refractivity contribution in [1.82, 2.24) is 10.2 Å². The zero-order chi connectivity index (χ0) is 14.3. The third-order valence-corrected chi connectivity index (χ3v) is 3.25. The Morgan fingerprint density at radius 2 is 2.15 bits per heavy atom. The molecule has 114 valence electrons. The van der Waals surface area contributed by atoms with Gasteiger partial charge in [-0.3, -0.25) is 4.79 Å². The van der Waals surface area contributed by atoms with E-state index in [4.69, 9.17) is 0 Å². The Morgan fingerprint density at radius 3 is 2.75 bits per heavy atom. The summed E-state index contributed by atoms with van der Waals surface area (Å²) in [6.45, 7) is 3.43. The Morgan fingerprint density at radius 1 is 1.45 bits per heavy atom. The van der Waals surface area contributed by atoms with Crippen LogP contribution in [-0.2, 0) is 11.2 Å². The van der Waals surface area contributed by atoms with E-state index in [0.29, 0.717) is 6.54 Å². The van der Waals surface area contributed by atoms with Crippen LogP contribution in [0.5, 0.6) is 0 Å². The molecule has 0 aliphatic rings. The number of carbonyl (C=O) groups excluding carboxylic acids is 1. The van der Waals surface area contributed by atoms with Crippen LogP contribution >= 0.6 is 12.4 Å². The third-order valence-electron chi connectivity index (χ3n) is 3.25. The summed E-state index contributed by atoms with van der Waals surface area (Å²) in [5.74, 6) is -0.112. The number of benzene rings is 1. The Bertz CT molecular complexity index is 415. The highest BCUT2D eigenvalue weighted by atomic mass is 35.5. The number of likely N-dealkylation sites (N-methyl/N-ethyl adjacent to an activating group) is 2. The van der Waals surface area contributed by atoms with Crippen molar-refractivity contribution in [1.29, 1.82) is 0 Å². The number of hydrogen-bond acceptors (Lipinski definition) is 2. The first-order chi connectivity index (χ1) is 9.04. The molecule has 0 aliphatic carbocycles. The molecule has 0 saturated carbocycles. The Kier molecular flexibility index (Phi) is 9.17. The second kappa shape index (κ2) is 9.72. The maximum atomic E-state index is 13.0. The molecule has 0 radical (unpaired) electrons. The SMILES string of the molecule is CNCCN(C)C(=O)C(C)CCc1cccc(F)c1.Cl. The Labute approximate surface area is 127 Å². The summed E-state index contributed by atoms with van der Waals surface area (Å²) < 4.78 is 13.0. The molecule has 1 aromatic carbocycles. The van der Waals surface area contributed by atoms with Crippen molar-refractivity contribution in [3.8, 4) is 0 Å². The van der Waals surface area contributed by atoms with Gasteiger partial charge in [-0.1, -0.05) is 19.1 Å². The van der Waals surface area contributed by atoms with Crippen molar-refractivity contribution >= 4 is 18.3 Å². The number of amides is 1. The molecule has 0 fully saturated rings. The molecule has 0 aromatic heterocycles. The zero-order valence-electron chi connectivity index (χ0n) is 12.4. The highest BCUT2D eigenvalue weighted by Crippen LogP contribution is 2.12. The molecule has 0 spiro atoms. The quantitative estimate of drug-likeness (QED) is 0.839.